The van der Waals surface area contributed by atoms with Crippen LogP contribution >= 0.6 is 11.3 Å². The van der Waals surface area contributed by atoms with Gasteiger partial charge in [-0.05, 0) is 18.2 Å². The van der Waals surface area contributed by atoms with Crippen LogP contribution in [0.4, 0.5) is 5.95 Å². The molecule has 1 aliphatic rings. The number of imidazole rings is 1. The van der Waals surface area contributed by atoms with Gasteiger partial charge in [0, 0.05) is 44.0 Å². The largest absolute Gasteiger partial charge is 0.338 e. The summed E-state index contributed by atoms with van der Waals surface area (Å²) in [5.41, 5.74) is 4.39. The predicted octanol–water partition coefficient (Wildman–Crippen LogP) is 2.30. The number of rotatable bonds is 4. The Morgan fingerprint density at radius 2 is 1.79 bits per heavy atom. The zero-order valence-corrected chi connectivity index (χ0v) is 16.5. The molecule has 0 atom stereocenters. The van der Waals surface area contributed by atoms with Crippen molar-refractivity contribution in [3.63, 3.8) is 0 Å². The molecule has 0 N–H and O–H groups in total. The minimum atomic E-state index is 0.0817. The second-order valence-electron chi connectivity index (χ2n) is 6.80. The number of anilines is 1. The van der Waals surface area contributed by atoms with Crippen molar-refractivity contribution < 1.29 is 4.79 Å². The predicted molar refractivity (Wildman–Crippen MR) is 112 cm³/mol. The Balaban J connectivity index is 1.35. The van der Waals surface area contributed by atoms with E-state index in [0.717, 1.165) is 35.6 Å². The molecule has 0 unspecified atom stereocenters. The summed E-state index contributed by atoms with van der Waals surface area (Å²) in [5.74, 6) is 1.53. The number of amides is 1. The summed E-state index contributed by atoms with van der Waals surface area (Å²) in [5, 5.41) is 1.96. The summed E-state index contributed by atoms with van der Waals surface area (Å²) in [4.78, 5) is 34.8. The number of piperazine rings is 1. The maximum atomic E-state index is 13.1. The van der Waals surface area contributed by atoms with Gasteiger partial charge in [-0.2, -0.15) is 0 Å². The molecule has 146 valence electrons. The molecular formula is C20H19N7OS. The van der Waals surface area contributed by atoms with Gasteiger partial charge in [-0.1, -0.05) is 12.1 Å². The number of nitrogens with zero attached hydrogens (tertiary/aromatic N) is 7. The monoisotopic (exact) mass is 405 g/mol. The number of aromatic nitrogens is 5. The van der Waals surface area contributed by atoms with Crippen LogP contribution in [0, 0.1) is 0 Å². The first kappa shape index (κ1) is 17.7. The molecule has 0 bridgehead atoms. The molecule has 9 heteroatoms. The smallest absolute Gasteiger partial charge is 0.242 e. The Kier molecular flexibility index (Phi) is 4.65. The van der Waals surface area contributed by atoms with Gasteiger partial charge in [0.25, 0.3) is 0 Å². The molecule has 4 aromatic rings. The van der Waals surface area contributed by atoms with Crippen molar-refractivity contribution in [1.29, 1.82) is 0 Å². The van der Waals surface area contributed by atoms with Gasteiger partial charge in [0.15, 0.2) is 5.82 Å². The van der Waals surface area contributed by atoms with E-state index in [-0.39, 0.29) is 12.5 Å². The van der Waals surface area contributed by atoms with Gasteiger partial charge < -0.3 is 14.4 Å². The standard InChI is InChI=1S/C20H19N7OS/c28-18(25-8-10-26(11-9-25)20-21-6-3-7-22-20)12-27-17-5-2-1-4-15(17)24-19(27)16-13-29-14-23-16/h1-7,13-14H,8-12H2. The van der Waals surface area contributed by atoms with Crippen molar-refractivity contribution in [2.45, 2.75) is 6.54 Å². The van der Waals surface area contributed by atoms with Crippen LogP contribution in [0.5, 0.6) is 0 Å². The van der Waals surface area contributed by atoms with Crippen molar-refractivity contribution in [1.82, 2.24) is 29.4 Å². The number of hydrogen-bond acceptors (Lipinski definition) is 7. The van der Waals surface area contributed by atoms with Crippen molar-refractivity contribution in [3.8, 4) is 11.5 Å². The van der Waals surface area contributed by atoms with E-state index in [0.29, 0.717) is 19.0 Å². The van der Waals surface area contributed by atoms with Crippen molar-refractivity contribution in [3.05, 3.63) is 53.6 Å². The van der Waals surface area contributed by atoms with Crippen molar-refractivity contribution in [2.75, 3.05) is 31.1 Å². The number of hydrogen-bond donors (Lipinski definition) is 0. The zero-order valence-electron chi connectivity index (χ0n) is 15.7. The number of benzene rings is 1. The van der Waals surface area contributed by atoms with Crippen LogP contribution in [-0.2, 0) is 11.3 Å². The fraction of sp³-hybridized carbons (Fsp3) is 0.250. The van der Waals surface area contributed by atoms with Gasteiger partial charge in [0.1, 0.15) is 12.2 Å². The van der Waals surface area contributed by atoms with E-state index in [1.54, 1.807) is 24.0 Å². The van der Waals surface area contributed by atoms with Gasteiger partial charge in [-0.15, -0.1) is 11.3 Å². The first-order valence-electron chi connectivity index (χ1n) is 9.43. The second kappa shape index (κ2) is 7.59. The Hall–Kier alpha value is -3.33. The van der Waals surface area contributed by atoms with Gasteiger partial charge in [0.2, 0.25) is 11.9 Å². The summed E-state index contributed by atoms with van der Waals surface area (Å²) < 4.78 is 1.97. The lowest BCUT2D eigenvalue weighted by molar-refractivity contribution is -0.132. The third kappa shape index (κ3) is 3.44. The van der Waals surface area contributed by atoms with Gasteiger partial charge in [0.05, 0.1) is 16.5 Å². The first-order chi connectivity index (χ1) is 14.3. The molecule has 0 spiro atoms. The van der Waals surface area contributed by atoms with Crippen LogP contribution in [0.15, 0.2) is 53.6 Å². The molecule has 1 aliphatic heterocycles. The fourth-order valence-corrected chi connectivity index (χ4v) is 4.13. The molecule has 1 aromatic carbocycles. The van der Waals surface area contributed by atoms with Crippen molar-refractivity contribution in [2.24, 2.45) is 0 Å². The summed E-state index contributed by atoms with van der Waals surface area (Å²) >= 11 is 1.52. The Morgan fingerprint density at radius 1 is 1.00 bits per heavy atom. The van der Waals surface area contributed by atoms with Crippen molar-refractivity contribution >= 4 is 34.2 Å². The quantitative estimate of drug-likeness (QED) is 0.518. The highest BCUT2D eigenvalue weighted by Gasteiger charge is 2.24. The van der Waals surface area contributed by atoms with Gasteiger partial charge in [-0.3, -0.25) is 4.79 Å². The topological polar surface area (TPSA) is 80.0 Å². The first-order valence-corrected chi connectivity index (χ1v) is 10.4. The van der Waals surface area contributed by atoms with Crippen LogP contribution in [0.25, 0.3) is 22.6 Å². The average molecular weight is 405 g/mol. The molecular weight excluding hydrogens is 386 g/mol. The summed E-state index contributed by atoms with van der Waals surface area (Å²) in [6.07, 6.45) is 3.48. The third-order valence-corrected chi connectivity index (χ3v) is 5.66. The minimum absolute atomic E-state index is 0.0817. The minimum Gasteiger partial charge on any atom is -0.338 e. The summed E-state index contributed by atoms with van der Waals surface area (Å²) in [6, 6.07) is 9.69. The lowest BCUT2D eigenvalue weighted by Gasteiger charge is -2.34. The Labute approximate surface area is 171 Å². The van der Waals surface area contributed by atoms with Crippen LogP contribution in [0.1, 0.15) is 0 Å². The number of fused-ring (bicyclic) bond motifs is 1. The van der Waals surface area contributed by atoms with E-state index < -0.39 is 0 Å². The molecule has 1 saturated heterocycles. The third-order valence-electron chi connectivity index (χ3n) is 5.08. The number of thiazole rings is 1. The maximum Gasteiger partial charge on any atom is 0.242 e. The van der Waals surface area contributed by atoms with Crippen LogP contribution < -0.4 is 4.90 Å². The van der Waals surface area contributed by atoms with Gasteiger partial charge >= 0.3 is 0 Å². The highest BCUT2D eigenvalue weighted by Crippen LogP contribution is 2.25. The van der Waals surface area contributed by atoms with Crippen LogP contribution in [-0.4, -0.2) is 61.5 Å². The molecule has 4 heterocycles. The van der Waals surface area contributed by atoms with Crippen LogP contribution in [0.2, 0.25) is 0 Å². The van der Waals surface area contributed by atoms with E-state index in [1.165, 1.54) is 11.3 Å². The normalized spacial score (nSPS) is 14.5. The summed E-state index contributed by atoms with van der Waals surface area (Å²) in [7, 11) is 0. The lowest BCUT2D eigenvalue weighted by atomic mass is 10.3. The maximum absolute atomic E-state index is 13.1. The molecule has 3 aromatic heterocycles. The van der Waals surface area contributed by atoms with Gasteiger partial charge in [-0.25, -0.2) is 19.9 Å². The molecule has 0 radical (unpaired) electrons. The molecule has 1 amide bonds. The number of carbonyl (C=O) groups is 1. The van der Waals surface area contributed by atoms with Crippen LogP contribution in [0.3, 0.4) is 0 Å². The molecule has 29 heavy (non-hydrogen) atoms. The highest BCUT2D eigenvalue weighted by molar-refractivity contribution is 7.07. The Bertz CT molecular complexity index is 1120. The lowest BCUT2D eigenvalue weighted by Crippen LogP contribution is -2.50. The zero-order chi connectivity index (χ0) is 19.6. The highest BCUT2D eigenvalue weighted by atomic mass is 32.1. The number of carbonyl (C=O) groups excluding carboxylic acids is 1. The van der Waals surface area contributed by atoms with E-state index in [2.05, 4.69) is 19.9 Å². The Morgan fingerprint density at radius 3 is 2.55 bits per heavy atom. The van der Waals surface area contributed by atoms with E-state index in [1.807, 2.05) is 39.1 Å². The molecule has 5 rings (SSSR count). The van der Waals surface area contributed by atoms with E-state index in [9.17, 15) is 4.79 Å². The fourth-order valence-electron chi connectivity index (χ4n) is 3.60. The molecule has 8 nitrogen and oxygen atoms in total. The van der Waals surface area contributed by atoms with E-state index in [4.69, 9.17) is 4.98 Å². The molecule has 1 fully saturated rings. The summed E-state index contributed by atoms with van der Waals surface area (Å²) in [6.45, 7) is 2.99. The van der Waals surface area contributed by atoms with E-state index >= 15 is 0 Å². The second-order valence-corrected chi connectivity index (χ2v) is 7.52. The number of para-hydroxylation sites is 2. The average Bonchev–Trinajstić information content (AvgIpc) is 3.43. The SMILES string of the molecule is O=C(Cn1c(-c2cscn2)nc2ccccc21)N1CCN(c2ncccn2)CC1. The molecule has 0 aliphatic carbocycles. The molecule has 0 saturated carbocycles.